The van der Waals surface area contributed by atoms with Crippen molar-refractivity contribution in [3.8, 4) is 5.75 Å². The highest BCUT2D eigenvalue weighted by Crippen LogP contribution is 2.39. The van der Waals surface area contributed by atoms with Crippen LogP contribution in [0.5, 0.6) is 5.75 Å². The molecule has 13 nitrogen and oxygen atoms in total. The molecule has 3 unspecified atom stereocenters. The summed E-state index contributed by atoms with van der Waals surface area (Å²) in [6.07, 6.45) is 5.44. The van der Waals surface area contributed by atoms with E-state index in [9.17, 15) is 24.0 Å². The fourth-order valence-electron chi connectivity index (χ4n) is 8.27. The number of amides is 4. The first kappa shape index (κ1) is 48.4. The SMILES string of the molecule is Cc1ccc(OCCC2CC3CCCCC3N(C(=O)OC(C)(C)C)C2)cc1CNC(=O)[C@H](CCc1ccccc1)NC(=O)[C@H](CC(=O)OC(C)(C)C)NC(=O)OCc1ccccc1. The summed E-state index contributed by atoms with van der Waals surface area (Å²) in [5.74, 6) is -0.431. The van der Waals surface area contributed by atoms with Gasteiger partial charge in [0.15, 0.2) is 0 Å². The molecule has 5 rings (SSSR count). The van der Waals surface area contributed by atoms with Crippen LogP contribution in [0.15, 0.2) is 78.9 Å². The number of carbonyl (C=O) groups excluding carboxylic acids is 5. The van der Waals surface area contributed by atoms with Gasteiger partial charge in [0.2, 0.25) is 11.8 Å². The van der Waals surface area contributed by atoms with E-state index in [1.807, 2.05) is 99.3 Å². The molecule has 3 N–H and O–H groups in total. The van der Waals surface area contributed by atoms with Crippen molar-refractivity contribution in [3.63, 3.8) is 0 Å². The number of likely N-dealkylation sites (tertiary alicyclic amines) is 1. The van der Waals surface area contributed by atoms with Gasteiger partial charge in [-0.05, 0) is 133 Å². The van der Waals surface area contributed by atoms with Gasteiger partial charge in [0.25, 0.3) is 0 Å². The summed E-state index contributed by atoms with van der Waals surface area (Å²) in [6.45, 7) is 14.1. The first-order valence-corrected chi connectivity index (χ1v) is 22.5. The third kappa shape index (κ3) is 16.2. The van der Waals surface area contributed by atoms with Crippen LogP contribution in [0.3, 0.4) is 0 Å². The molecule has 2 aliphatic rings. The molecule has 0 aromatic heterocycles. The van der Waals surface area contributed by atoms with Crippen LogP contribution in [-0.4, -0.2) is 77.3 Å². The van der Waals surface area contributed by atoms with Gasteiger partial charge < -0.3 is 39.8 Å². The number of esters is 1. The number of aryl methyl sites for hydroxylation is 2. The number of rotatable bonds is 17. The summed E-state index contributed by atoms with van der Waals surface area (Å²) < 4.78 is 23.0. The number of hydrogen-bond donors (Lipinski definition) is 3. The topological polar surface area (TPSA) is 162 Å². The maximum atomic E-state index is 14.0. The van der Waals surface area contributed by atoms with Crippen LogP contribution in [0, 0.1) is 18.8 Å². The van der Waals surface area contributed by atoms with E-state index in [-0.39, 0.29) is 31.7 Å². The molecule has 1 saturated carbocycles. The fraction of sp³-hybridized carbons (Fsp3) is 0.540. The Morgan fingerprint density at radius 3 is 2.13 bits per heavy atom. The average Bonchev–Trinajstić information content (AvgIpc) is 3.23. The van der Waals surface area contributed by atoms with Crippen molar-refractivity contribution < 1.29 is 42.9 Å². The summed E-state index contributed by atoms with van der Waals surface area (Å²) in [6, 6.07) is 22.3. The van der Waals surface area contributed by atoms with Gasteiger partial charge in [0.1, 0.15) is 35.6 Å². The fourth-order valence-corrected chi connectivity index (χ4v) is 8.27. The minimum Gasteiger partial charge on any atom is -0.494 e. The van der Waals surface area contributed by atoms with Crippen molar-refractivity contribution in [2.24, 2.45) is 11.8 Å². The molecule has 342 valence electrons. The van der Waals surface area contributed by atoms with Crippen LogP contribution in [0.25, 0.3) is 0 Å². The van der Waals surface area contributed by atoms with Gasteiger partial charge in [-0.25, -0.2) is 9.59 Å². The molecule has 1 heterocycles. The summed E-state index contributed by atoms with van der Waals surface area (Å²) in [4.78, 5) is 69.1. The first-order chi connectivity index (χ1) is 29.9. The summed E-state index contributed by atoms with van der Waals surface area (Å²) in [5.41, 5.74) is 2.13. The summed E-state index contributed by atoms with van der Waals surface area (Å²) >= 11 is 0. The van der Waals surface area contributed by atoms with Gasteiger partial charge in [-0.1, -0.05) is 79.6 Å². The second kappa shape index (κ2) is 22.7. The molecule has 13 heteroatoms. The molecule has 1 saturated heterocycles. The molecule has 4 amide bonds. The zero-order valence-electron chi connectivity index (χ0n) is 38.2. The molecular formula is C50H68N4O9. The Hall–Kier alpha value is -5.59. The summed E-state index contributed by atoms with van der Waals surface area (Å²) in [7, 11) is 0. The lowest BCUT2D eigenvalue weighted by Crippen LogP contribution is -2.54. The maximum absolute atomic E-state index is 14.0. The molecule has 1 aliphatic carbocycles. The zero-order valence-corrected chi connectivity index (χ0v) is 38.2. The van der Waals surface area contributed by atoms with Crippen LogP contribution in [-0.2, 0) is 48.2 Å². The number of ether oxygens (including phenoxy) is 4. The second-order valence-electron chi connectivity index (χ2n) is 18.9. The van der Waals surface area contributed by atoms with E-state index < -0.39 is 53.6 Å². The number of benzene rings is 3. The van der Waals surface area contributed by atoms with E-state index in [1.54, 1.807) is 32.9 Å². The van der Waals surface area contributed by atoms with Crippen molar-refractivity contribution in [1.29, 1.82) is 0 Å². The van der Waals surface area contributed by atoms with Crippen molar-refractivity contribution in [3.05, 3.63) is 101 Å². The van der Waals surface area contributed by atoms with E-state index in [1.165, 1.54) is 6.42 Å². The third-order valence-corrected chi connectivity index (χ3v) is 11.4. The van der Waals surface area contributed by atoms with E-state index >= 15 is 0 Å². The minimum atomic E-state index is -1.38. The minimum absolute atomic E-state index is 0.0445. The predicted octanol–water partition coefficient (Wildman–Crippen LogP) is 8.34. The van der Waals surface area contributed by atoms with Gasteiger partial charge in [-0.2, -0.15) is 0 Å². The van der Waals surface area contributed by atoms with Gasteiger partial charge in [-0.15, -0.1) is 0 Å². The average molecular weight is 869 g/mol. The Morgan fingerprint density at radius 2 is 1.44 bits per heavy atom. The Morgan fingerprint density at radius 1 is 0.778 bits per heavy atom. The molecular weight excluding hydrogens is 801 g/mol. The Balaban J connectivity index is 1.22. The van der Waals surface area contributed by atoms with Gasteiger partial charge >= 0.3 is 18.2 Å². The lowest BCUT2D eigenvalue weighted by atomic mass is 9.74. The molecule has 0 bridgehead atoms. The van der Waals surface area contributed by atoms with Crippen molar-refractivity contribution in [1.82, 2.24) is 20.9 Å². The normalized spacial score (nSPS) is 18.5. The number of nitrogens with one attached hydrogen (secondary N) is 3. The highest BCUT2D eigenvalue weighted by atomic mass is 16.6. The van der Waals surface area contributed by atoms with E-state index in [0.717, 1.165) is 54.4 Å². The number of alkyl carbamates (subject to hydrolysis) is 1. The van der Waals surface area contributed by atoms with Crippen molar-refractivity contribution in [2.75, 3.05) is 13.2 Å². The molecule has 0 spiro atoms. The Labute approximate surface area is 373 Å². The number of fused-ring (bicyclic) bond motifs is 1. The van der Waals surface area contributed by atoms with Crippen LogP contribution < -0.4 is 20.7 Å². The highest BCUT2D eigenvalue weighted by molar-refractivity contribution is 5.93. The van der Waals surface area contributed by atoms with Crippen LogP contribution in [0.4, 0.5) is 9.59 Å². The van der Waals surface area contributed by atoms with Gasteiger partial charge in [-0.3, -0.25) is 14.4 Å². The number of nitrogens with zero attached hydrogens (tertiary/aromatic N) is 1. The van der Waals surface area contributed by atoms with Crippen LogP contribution in [0.2, 0.25) is 0 Å². The number of carbonyl (C=O) groups is 5. The molecule has 3 aromatic carbocycles. The lowest BCUT2D eigenvalue weighted by Gasteiger charge is -2.47. The van der Waals surface area contributed by atoms with E-state index in [4.69, 9.17) is 18.9 Å². The number of hydrogen-bond acceptors (Lipinski definition) is 9. The molecule has 2 fully saturated rings. The third-order valence-electron chi connectivity index (χ3n) is 11.4. The van der Waals surface area contributed by atoms with E-state index in [0.29, 0.717) is 37.2 Å². The van der Waals surface area contributed by atoms with Crippen molar-refractivity contribution >= 4 is 30.0 Å². The first-order valence-electron chi connectivity index (χ1n) is 22.5. The summed E-state index contributed by atoms with van der Waals surface area (Å²) in [5, 5.41) is 8.33. The quantitative estimate of drug-likeness (QED) is 0.0895. The Kier molecular flexibility index (Phi) is 17.4. The lowest BCUT2D eigenvalue weighted by molar-refractivity contribution is -0.156. The predicted molar refractivity (Wildman–Crippen MR) is 241 cm³/mol. The monoisotopic (exact) mass is 868 g/mol. The van der Waals surface area contributed by atoms with E-state index in [2.05, 4.69) is 16.0 Å². The largest absolute Gasteiger partial charge is 0.494 e. The molecule has 0 radical (unpaired) electrons. The zero-order chi connectivity index (χ0) is 45.6. The molecule has 1 aliphatic heterocycles. The standard InChI is InChI=1S/C50H68N4O9/c1-34-22-24-40(60-27-26-37-28-38-20-14-15-21-43(38)54(32-37)48(59)63-50(5,6)7)29-39(34)31-51-45(56)41(25-23-35-16-10-8-11-17-35)52-46(57)42(30-44(55)62-49(2,3)4)53-47(58)61-33-36-18-12-9-13-19-36/h8-13,16-19,22,24,29,37-38,41-43H,14-15,20-21,23,25-28,30-33H2,1-7H3,(H,51,56)(H,52,57)(H,53,58)/t37?,38?,41-,42-,43?/m0/s1. The Bertz CT molecular complexity index is 1980. The molecule has 63 heavy (non-hydrogen) atoms. The van der Waals surface area contributed by atoms with Gasteiger partial charge in [0, 0.05) is 19.1 Å². The number of piperidine rings is 1. The van der Waals surface area contributed by atoms with Crippen LogP contribution in [0.1, 0.15) is 115 Å². The molecule has 3 aromatic rings. The van der Waals surface area contributed by atoms with Crippen molar-refractivity contribution in [2.45, 2.75) is 149 Å². The van der Waals surface area contributed by atoms with Crippen LogP contribution >= 0.6 is 0 Å². The molecule has 5 atom stereocenters. The second-order valence-corrected chi connectivity index (χ2v) is 18.9. The smallest absolute Gasteiger partial charge is 0.410 e. The maximum Gasteiger partial charge on any atom is 0.410 e. The van der Waals surface area contributed by atoms with Gasteiger partial charge in [0.05, 0.1) is 13.0 Å². The highest BCUT2D eigenvalue weighted by Gasteiger charge is 2.41.